The molecule has 0 unspecified atom stereocenters. The Morgan fingerprint density at radius 2 is 1.95 bits per heavy atom. The van der Waals surface area contributed by atoms with Crippen molar-refractivity contribution in [3.63, 3.8) is 0 Å². The van der Waals surface area contributed by atoms with Crippen LogP contribution in [0.4, 0.5) is 5.69 Å². The van der Waals surface area contributed by atoms with E-state index in [-0.39, 0.29) is 10.6 Å². The van der Waals surface area contributed by atoms with Crippen LogP contribution in [0.2, 0.25) is 0 Å². The van der Waals surface area contributed by atoms with Gasteiger partial charge in [0, 0.05) is 17.3 Å². The van der Waals surface area contributed by atoms with Crippen LogP contribution < -0.4 is 4.83 Å². The van der Waals surface area contributed by atoms with E-state index in [1.54, 1.807) is 6.92 Å². The van der Waals surface area contributed by atoms with Gasteiger partial charge in [-0.1, -0.05) is 6.07 Å². The van der Waals surface area contributed by atoms with Crippen molar-refractivity contribution in [3.05, 3.63) is 33.9 Å². The van der Waals surface area contributed by atoms with Crippen molar-refractivity contribution in [1.82, 2.24) is 4.83 Å². The van der Waals surface area contributed by atoms with Gasteiger partial charge < -0.3 is 0 Å². The Morgan fingerprint density at radius 1 is 1.30 bits per heavy atom. The molecule has 8 heteroatoms. The summed E-state index contributed by atoms with van der Waals surface area (Å²) in [5.41, 5.74) is 1.01. The quantitative estimate of drug-likeness (QED) is 0.679. The lowest BCUT2D eigenvalue weighted by atomic mass is 10.2. The number of nitro benzene ring substituents is 1. The zero-order chi connectivity index (χ0) is 14.8. The van der Waals surface area contributed by atoms with Gasteiger partial charge in [-0.2, -0.15) is 13.5 Å². The van der Waals surface area contributed by atoms with Crippen molar-refractivity contribution in [2.75, 3.05) is 0 Å². The fourth-order valence-electron chi connectivity index (χ4n) is 2.03. The molecule has 1 aliphatic rings. The van der Waals surface area contributed by atoms with Crippen molar-refractivity contribution in [3.8, 4) is 0 Å². The molecule has 0 spiro atoms. The van der Waals surface area contributed by atoms with E-state index in [4.69, 9.17) is 0 Å². The van der Waals surface area contributed by atoms with E-state index < -0.39 is 14.9 Å². The predicted octanol–water partition coefficient (Wildman–Crippen LogP) is 2.11. The number of nitrogens with one attached hydrogen (secondary N) is 1. The second kappa shape index (κ2) is 5.58. The average molecular weight is 297 g/mol. The highest BCUT2D eigenvalue weighted by Crippen LogP contribution is 2.22. The Morgan fingerprint density at radius 3 is 2.55 bits per heavy atom. The predicted molar refractivity (Wildman–Crippen MR) is 74.1 cm³/mol. The molecule has 1 fully saturated rings. The maximum absolute atomic E-state index is 12.0. The van der Waals surface area contributed by atoms with Gasteiger partial charge in [0.2, 0.25) is 0 Å². The highest BCUT2D eigenvalue weighted by molar-refractivity contribution is 7.89. The van der Waals surface area contributed by atoms with Crippen LogP contribution in [0.15, 0.2) is 28.2 Å². The van der Waals surface area contributed by atoms with Crippen LogP contribution in [0.25, 0.3) is 0 Å². The highest BCUT2D eigenvalue weighted by atomic mass is 32.2. The first-order valence-corrected chi connectivity index (χ1v) is 7.71. The Labute approximate surface area is 116 Å². The molecule has 1 saturated carbocycles. The summed E-state index contributed by atoms with van der Waals surface area (Å²) in [5.74, 6) is 0. The summed E-state index contributed by atoms with van der Waals surface area (Å²) in [6, 6.07) is 3.79. The summed E-state index contributed by atoms with van der Waals surface area (Å²) in [6.07, 6.45) is 3.60. The van der Waals surface area contributed by atoms with E-state index in [0.717, 1.165) is 37.5 Å². The van der Waals surface area contributed by atoms with Gasteiger partial charge in [-0.25, -0.2) is 4.83 Å². The standard InChI is InChI=1S/C12H15N3O4S/c1-9-6-7-11(8-12(9)15(16)17)20(18,19)14-13-10-4-2-3-5-10/h6-8,14H,2-5H2,1H3. The lowest BCUT2D eigenvalue weighted by Gasteiger charge is -2.05. The molecule has 1 aromatic carbocycles. The smallest absolute Gasteiger partial charge is 0.258 e. The van der Waals surface area contributed by atoms with Crippen LogP contribution in [0.5, 0.6) is 0 Å². The van der Waals surface area contributed by atoms with E-state index in [9.17, 15) is 18.5 Å². The molecular formula is C12H15N3O4S. The fourth-order valence-corrected chi connectivity index (χ4v) is 2.89. The molecule has 0 radical (unpaired) electrons. The number of nitrogens with zero attached hydrogens (tertiary/aromatic N) is 2. The molecular weight excluding hydrogens is 282 g/mol. The second-order valence-electron chi connectivity index (χ2n) is 4.69. The Kier molecular flexibility index (Phi) is 4.03. The van der Waals surface area contributed by atoms with E-state index in [0.29, 0.717) is 5.56 Å². The summed E-state index contributed by atoms with van der Waals surface area (Å²) >= 11 is 0. The highest BCUT2D eigenvalue weighted by Gasteiger charge is 2.20. The van der Waals surface area contributed by atoms with Gasteiger partial charge >= 0.3 is 0 Å². The summed E-state index contributed by atoms with van der Waals surface area (Å²) < 4.78 is 24.1. The van der Waals surface area contributed by atoms with Gasteiger partial charge in [0.25, 0.3) is 15.7 Å². The third-order valence-corrected chi connectivity index (χ3v) is 4.40. The first-order valence-electron chi connectivity index (χ1n) is 6.22. The number of aryl methyl sites for hydroxylation is 1. The zero-order valence-electron chi connectivity index (χ0n) is 11.0. The maximum Gasteiger partial charge on any atom is 0.276 e. The number of hydrogen-bond acceptors (Lipinski definition) is 5. The van der Waals surface area contributed by atoms with Crippen molar-refractivity contribution < 1.29 is 13.3 Å². The number of hydrogen-bond donors (Lipinski definition) is 1. The molecule has 1 N–H and O–H groups in total. The normalized spacial score (nSPS) is 15.2. The van der Waals surface area contributed by atoms with Gasteiger partial charge in [-0.15, -0.1) is 0 Å². The molecule has 0 amide bonds. The topological polar surface area (TPSA) is 102 Å². The third kappa shape index (κ3) is 3.13. The molecule has 0 bridgehead atoms. The second-order valence-corrected chi connectivity index (χ2v) is 6.35. The van der Waals surface area contributed by atoms with Gasteiger partial charge in [0.15, 0.2) is 0 Å². The first-order chi connectivity index (χ1) is 9.40. The Hall–Kier alpha value is -1.96. The monoisotopic (exact) mass is 297 g/mol. The van der Waals surface area contributed by atoms with Gasteiger partial charge in [0.1, 0.15) is 0 Å². The minimum absolute atomic E-state index is 0.155. The van der Waals surface area contributed by atoms with E-state index >= 15 is 0 Å². The van der Waals surface area contributed by atoms with Crippen LogP contribution in [-0.4, -0.2) is 19.1 Å². The number of hydrazone groups is 1. The lowest BCUT2D eigenvalue weighted by molar-refractivity contribution is -0.385. The molecule has 7 nitrogen and oxygen atoms in total. The first kappa shape index (κ1) is 14.4. The molecule has 0 saturated heterocycles. The van der Waals surface area contributed by atoms with Crippen molar-refractivity contribution in [2.24, 2.45) is 5.10 Å². The summed E-state index contributed by atoms with van der Waals surface area (Å²) in [5, 5.41) is 14.7. The van der Waals surface area contributed by atoms with Crippen molar-refractivity contribution in [2.45, 2.75) is 37.5 Å². The summed E-state index contributed by atoms with van der Waals surface area (Å²) in [4.78, 5) is 12.2. The average Bonchev–Trinajstić information content (AvgIpc) is 2.89. The zero-order valence-corrected chi connectivity index (χ0v) is 11.8. The largest absolute Gasteiger partial charge is 0.276 e. The Bertz CT molecular complexity index is 659. The molecule has 20 heavy (non-hydrogen) atoms. The number of sulfonamides is 1. The van der Waals surface area contributed by atoms with E-state index in [1.165, 1.54) is 12.1 Å². The molecule has 0 atom stereocenters. The van der Waals surface area contributed by atoms with Gasteiger partial charge in [0.05, 0.1) is 9.82 Å². The van der Waals surface area contributed by atoms with Gasteiger partial charge in [-0.3, -0.25) is 10.1 Å². The number of nitro groups is 1. The van der Waals surface area contributed by atoms with Crippen LogP contribution in [-0.2, 0) is 10.0 Å². The maximum atomic E-state index is 12.0. The van der Waals surface area contributed by atoms with Crippen molar-refractivity contribution >= 4 is 21.4 Å². The van der Waals surface area contributed by atoms with Crippen LogP contribution in [0, 0.1) is 17.0 Å². The molecule has 108 valence electrons. The Balaban J connectivity index is 2.27. The summed E-state index contributed by atoms with van der Waals surface area (Å²) in [6.45, 7) is 1.56. The van der Waals surface area contributed by atoms with Crippen molar-refractivity contribution in [1.29, 1.82) is 0 Å². The number of benzene rings is 1. The minimum atomic E-state index is -3.86. The van der Waals surface area contributed by atoms with E-state index in [1.807, 2.05) is 0 Å². The molecule has 1 aliphatic carbocycles. The van der Waals surface area contributed by atoms with E-state index in [2.05, 4.69) is 9.93 Å². The SMILES string of the molecule is Cc1ccc(S(=O)(=O)NN=C2CCCC2)cc1[N+](=O)[O-]. The molecule has 0 aromatic heterocycles. The number of rotatable bonds is 4. The fraction of sp³-hybridized carbons (Fsp3) is 0.417. The molecule has 2 rings (SSSR count). The summed E-state index contributed by atoms with van der Waals surface area (Å²) in [7, 11) is -3.86. The van der Waals surface area contributed by atoms with Crippen LogP contribution in [0.3, 0.4) is 0 Å². The van der Waals surface area contributed by atoms with Gasteiger partial charge in [-0.05, 0) is 38.7 Å². The van der Waals surface area contributed by atoms with Crippen LogP contribution in [0.1, 0.15) is 31.2 Å². The third-order valence-electron chi connectivity index (χ3n) is 3.19. The molecule has 1 aromatic rings. The molecule has 0 aliphatic heterocycles. The lowest BCUT2D eigenvalue weighted by Crippen LogP contribution is -2.20. The minimum Gasteiger partial charge on any atom is -0.258 e. The van der Waals surface area contributed by atoms with Crippen LogP contribution >= 0.6 is 0 Å². The molecule has 0 heterocycles.